The minimum Gasteiger partial charge on any atom is -0.305 e. The molecule has 21 heavy (non-hydrogen) atoms. The Bertz CT molecular complexity index is 647. The van der Waals surface area contributed by atoms with E-state index in [0.29, 0.717) is 12.2 Å². The van der Waals surface area contributed by atoms with Crippen LogP contribution in [0.5, 0.6) is 0 Å². The summed E-state index contributed by atoms with van der Waals surface area (Å²) in [6.07, 6.45) is 5.42. The van der Waals surface area contributed by atoms with Crippen LogP contribution in [0.1, 0.15) is 19.8 Å². The van der Waals surface area contributed by atoms with Crippen LogP contribution in [0.3, 0.4) is 0 Å². The summed E-state index contributed by atoms with van der Waals surface area (Å²) < 4.78 is 0. The maximum atomic E-state index is 12.4. The number of amides is 2. The zero-order valence-corrected chi connectivity index (χ0v) is 12.6. The molecule has 3 rings (SSSR count). The van der Waals surface area contributed by atoms with E-state index in [0.717, 1.165) is 29.9 Å². The van der Waals surface area contributed by atoms with Crippen LogP contribution in [0.2, 0.25) is 0 Å². The second-order valence-corrected chi connectivity index (χ2v) is 4.71. The van der Waals surface area contributed by atoms with E-state index >= 15 is 0 Å². The minimum atomic E-state index is -0.126. The molecule has 2 aromatic rings. The molecule has 0 saturated carbocycles. The molecule has 0 aliphatic carbocycles. The number of unbranched alkanes of at least 4 members (excludes halogenated alkanes) is 1. The van der Waals surface area contributed by atoms with Crippen LogP contribution < -0.4 is 10.2 Å². The molecule has 1 aliphatic rings. The zero-order valence-electron chi connectivity index (χ0n) is 11.7. The predicted octanol–water partition coefficient (Wildman–Crippen LogP) is 3.72. The molecule has 0 radical (unpaired) electrons. The Morgan fingerprint density at radius 1 is 1.14 bits per heavy atom. The maximum absolute atomic E-state index is 12.4. The van der Waals surface area contributed by atoms with Crippen LogP contribution in [0.15, 0.2) is 36.7 Å². The highest BCUT2D eigenvalue weighted by molar-refractivity contribution is 6.08. The number of nitrogens with one attached hydrogen (secondary N) is 1. The number of nitrogens with zero attached hydrogens (tertiary/aromatic N) is 3. The van der Waals surface area contributed by atoms with Crippen molar-refractivity contribution >= 4 is 29.8 Å². The van der Waals surface area contributed by atoms with E-state index < -0.39 is 0 Å². The number of halogens is 1. The molecule has 0 saturated heterocycles. The lowest BCUT2D eigenvalue weighted by Gasteiger charge is -2.21. The third-order valence-corrected chi connectivity index (χ3v) is 3.33. The van der Waals surface area contributed by atoms with Crippen molar-refractivity contribution in [2.75, 3.05) is 16.8 Å². The highest BCUT2D eigenvalue weighted by Crippen LogP contribution is 2.35. The zero-order chi connectivity index (χ0) is 13.9. The lowest BCUT2D eigenvalue weighted by Crippen LogP contribution is -2.35. The van der Waals surface area contributed by atoms with Gasteiger partial charge in [-0.2, -0.15) is 0 Å². The normalized spacial score (nSPS) is 12.6. The van der Waals surface area contributed by atoms with Crippen LogP contribution >= 0.6 is 12.4 Å². The summed E-state index contributed by atoms with van der Waals surface area (Å²) in [5.74, 6) is 0. The Balaban J connectivity index is 0.00000161. The highest BCUT2D eigenvalue weighted by atomic mass is 35.5. The van der Waals surface area contributed by atoms with Crippen molar-refractivity contribution in [3.05, 3.63) is 36.7 Å². The van der Waals surface area contributed by atoms with Gasteiger partial charge in [0, 0.05) is 18.9 Å². The fourth-order valence-electron chi connectivity index (χ4n) is 2.32. The molecule has 5 nitrogen and oxygen atoms in total. The average Bonchev–Trinajstić information content (AvgIpc) is 2.60. The summed E-state index contributed by atoms with van der Waals surface area (Å²) in [7, 11) is 0. The number of aromatic nitrogens is 2. The van der Waals surface area contributed by atoms with Crippen molar-refractivity contribution < 1.29 is 4.79 Å². The van der Waals surface area contributed by atoms with Crippen LogP contribution in [0.4, 0.5) is 16.2 Å². The van der Waals surface area contributed by atoms with Crippen molar-refractivity contribution in [3.8, 4) is 11.4 Å². The van der Waals surface area contributed by atoms with Crippen molar-refractivity contribution in [3.63, 3.8) is 0 Å². The number of fused-ring (bicyclic) bond motifs is 3. The van der Waals surface area contributed by atoms with Gasteiger partial charge in [-0.25, -0.2) is 4.79 Å². The molecule has 2 amide bonds. The van der Waals surface area contributed by atoms with Gasteiger partial charge in [-0.1, -0.05) is 13.3 Å². The number of urea groups is 1. The third-order valence-electron chi connectivity index (χ3n) is 3.33. The van der Waals surface area contributed by atoms with Gasteiger partial charge in [-0.3, -0.25) is 14.9 Å². The van der Waals surface area contributed by atoms with E-state index in [9.17, 15) is 4.79 Å². The van der Waals surface area contributed by atoms with Crippen LogP contribution in [-0.2, 0) is 0 Å². The van der Waals surface area contributed by atoms with E-state index in [1.165, 1.54) is 0 Å². The van der Waals surface area contributed by atoms with Gasteiger partial charge in [0.2, 0.25) is 0 Å². The summed E-state index contributed by atoms with van der Waals surface area (Å²) >= 11 is 0. The van der Waals surface area contributed by atoms with Crippen molar-refractivity contribution in [1.29, 1.82) is 0 Å². The molecular weight excluding hydrogens is 288 g/mol. The number of anilines is 2. The number of carbonyl (C=O) groups excluding carboxylic acids is 1. The Labute approximate surface area is 129 Å². The third kappa shape index (κ3) is 2.83. The summed E-state index contributed by atoms with van der Waals surface area (Å²) in [5, 5.41) is 2.91. The summed E-state index contributed by atoms with van der Waals surface area (Å²) in [4.78, 5) is 22.9. The first kappa shape index (κ1) is 15.3. The van der Waals surface area contributed by atoms with Gasteiger partial charge in [0.05, 0.1) is 11.4 Å². The smallest absolute Gasteiger partial charge is 0.305 e. The summed E-state index contributed by atoms with van der Waals surface area (Å²) in [6.45, 7) is 2.78. The molecule has 0 fully saturated rings. The molecule has 0 bridgehead atoms. The number of carbonyl (C=O) groups is 1. The minimum absolute atomic E-state index is 0. The predicted molar refractivity (Wildman–Crippen MR) is 86.0 cm³/mol. The van der Waals surface area contributed by atoms with Crippen molar-refractivity contribution in [1.82, 2.24) is 9.97 Å². The quantitative estimate of drug-likeness (QED) is 0.940. The van der Waals surface area contributed by atoms with Gasteiger partial charge in [0.15, 0.2) is 0 Å². The maximum Gasteiger partial charge on any atom is 0.326 e. The van der Waals surface area contributed by atoms with E-state index in [1.54, 1.807) is 17.3 Å². The molecule has 3 heterocycles. The van der Waals surface area contributed by atoms with Gasteiger partial charge >= 0.3 is 6.03 Å². The lowest BCUT2D eigenvalue weighted by molar-refractivity contribution is 0.257. The standard InChI is InChI=1S/C15H16N4O.ClH/c1-2-3-10-19-12-7-5-9-17-14(12)13-11(18-15(19)20)6-4-8-16-13;/h4-9H,2-3,10H2,1H3,(H,18,20);1H. The molecule has 0 spiro atoms. The molecule has 2 aromatic heterocycles. The molecule has 1 aliphatic heterocycles. The second kappa shape index (κ2) is 6.54. The van der Waals surface area contributed by atoms with Crippen LogP contribution in [0.25, 0.3) is 11.4 Å². The molecule has 6 heteroatoms. The Kier molecular flexibility index (Phi) is 4.75. The van der Waals surface area contributed by atoms with Gasteiger partial charge in [0.25, 0.3) is 0 Å². The number of rotatable bonds is 3. The SMILES string of the molecule is CCCCN1C(=O)Nc2cccnc2-c2ncccc21.Cl. The van der Waals surface area contributed by atoms with E-state index in [2.05, 4.69) is 22.2 Å². The fraction of sp³-hybridized carbons (Fsp3) is 0.267. The van der Waals surface area contributed by atoms with Gasteiger partial charge in [0.1, 0.15) is 11.4 Å². The number of pyridine rings is 2. The molecular formula is C15H17ClN4O. The summed E-state index contributed by atoms with van der Waals surface area (Å²) in [6, 6.07) is 7.30. The van der Waals surface area contributed by atoms with Crippen LogP contribution in [0, 0.1) is 0 Å². The monoisotopic (exact) mass is 304 g/mol. The molecule has 0 atom stereocenters. The Morgan fingerprint density at radius 3 is 2.62 bits per heavy atom. The van der Waals surface area contributed by atoms with Gasteiger partial charge < -0.3 is 5.32 Å². The first-order chi connectivity index (χ1) is 9.81. The van der Waals surface area contributed by atoms with Gasteiger partial charge in [-0.05, 0) is 30.7 Å². The number of hydrogen-bond donors (Lipinski definition) is 1. The fourth-order valence-corrected chi connectivity index (χ4v) is 2.32. The lowest BCUT2D eigenvalue weighted by atomic mass is 10.2. The molecule has 0 unspecified atom stereocenters. The Morgan fingerprint density at radius 2 is 1.86 bits per heavy atom. The van der Waals surface area contributed by atoms with Gasteiger partial charge in [-0.15, -0.1) is 12.4 Å². The first-order valence-corrected chi connectivity index (χ1v) is 6.80. The Hall–Kier alpha value is -2.14. The highest BCUT2D eigenvalue weighted by Gasteiger charge is 2.26. The molecule has 1 N–H and O–H groups in total. The molecule has 110 valence electrons. The van der Waals surface area contributed by atoms with E-state index in [-0.39, 0.29) is 18.4 Å². The van der Waals surface area contributed by atoms with Crippen molar-refractivity contribution in [2.45, 2.75) is 19.8 Å². The van der Waals surface area contributed by atoms with Crippen LogP contribution in [-0.4, -0.2) is 22.5 Å². The second-order valence-electron chi connectivity index (χ2n) is 4.71. The largest absolute Gasteiger partial charge is 0.326 e. The first-order valence-electron chi connectivity index (χ1n) is 6.80. The number of hydrogen-bond acceptors (Lipinski definition) is 3. The molecule has 0 aromatic carbocycles. The van der Waals surface area contributed by atoms with E-state index in [1.807, 2.05) is 24.3 Å². The topological polar surface area (TPSA) is 58.1 Å². The van der Waals surface area contributed by atoms with E-state index in [4.69, 9.17) is 0 Å². The summed E-state index contributed by atoms with van der Waals surface area (Å²) in [5.41, 5.74) is 2.99. The average molecular weight is 305 g/mol. The van der Waals surface area contributed by atoms with Crippen molar-refractivity contribution in [2.24, 2.45) is 0 Å².